The number of benzene rings is 1. The van der Waals surface area contributed by atoms with Crippen LogP contribution >= 0.6 is 11.3 Å². The highest BCUT2D eigenvalue weighted by atomic mass is 32.1. The van der Waals surface area contributed by atoms with Gasteiger partial charge in [-0.2, -0.15) is 5.26 Å². The molecule has 2 heterocycles. The fourth-order valence-electron chi connectivity index (χ4n) is 2.22. The smallest absolute Gasteiger partial charge is 0.268 e. The van der Waals surface area contributed by atoms with Crippen LogP contribution in [0.4, 0.5) is 5.13 Å². The predicted molar refractivity (Wildman–Crippen MR) is 93.2 cm³/mol. The molecule has 7 nitrogen and oxygen atoms in total. The Kier molecular flexibility index (Phi) is 4.95. The Hall–Kier alpha value is -2.92. The molecule has 2 aromatic rings. The second-order valence-electron chi connectivity index (χ2n) is 5.84. The monoisotopic (exact) mass is 356 g/mol. The van der Waals surface area contributed by atoms with Gasteiger partial charge in [0.25, 0.3) is 5.91 Å². The predicted octanol–water partition coefficient (Wildman–Crippen LogP) is 3.01. The molecule has 25 heavy (non-hydrogen) atoms. The Morgan fingerprint density at radius 1 is 1.40 bits per heavy atom. The molecule has 3 rings (SSSR count). The van der Waals surface area contributed by atoms with Crippen molar-refractivity contribution >= 4 is 28.5 Å². The van der Waals surface area contributed by atoms with Crippen LogP contribution in [0, 0.1) is 17.2 Å². The van der Waals surface area contributed by atoms with Crippen molar-refractivity contribution in [1.29, 1.82) is 5.26 Å². The third-order valence-corrected chi connectivity index (χ3v) is 4.20. The van der Waals surface area contributed by atoms with Gasteiger partial charge in [-0.25, -0.2) is 0 Å². The number of ether oxygens (including phenoxy) is 2. The molecule has 1 amide bonds. The Labute approximate surface area is 148 Å². The van der Waals surface area contributed by atoms with Gasteiger partial charge in [0.15, 0.2) is 11.5 Å². The number of aromatic nitrogens is 2. The molecule has 1 N–H and O–H groups in total. The minimum atomic E-state index is -0.521. The SMILES string of the molecule is CC(C)Cc1nnc(NC(=O)/C(C#N)=C\c2ccc3c(c2)OCO3)s1. The summed E-state index contributed by atoms with van der Waals surface area (Å²) >= 11 is 1.31. The molecular formula is C17H16N4O3S. The Morgan fingerprint density at radius 3 is 2.96 bits per heavy atom. The summed E-state index contributed by atoms with van der Waals surface area (Å²) in [4.78, 5) is 12.3. The second kappa shape index (κ2) is 7.32. The van der Waals surface area contributed by atoms with E-state index in [2.05, 4.69) is 29.4 Å². The molecule has 0 aliphatic carbocycles. The van der Waals surface area contributed by atoms with Crippen LogP contribution in [0.1, 0.15) is 24.4 Å². The molecule has 0 unspecified atom stereocenters. The molecule has 0 saturated heterocycles. The van der Waals surface area contributed by atoms with E-state index >= 15 is 0 Å². The van der Waals surface area contributed by atoms with Gasteiger partial charge in [-0.3, -0.25) is 10.1 Å². The maximum atomic E-state index is 12.3. The molecule has 1 aromatic heterocycles. The number of hydrogen-bond acceptors (Lipinski definition) is 7. The maximum absolute atomic E-state index is 12.3. The van der Waals surface area contributed by atoms with Crippen LogP contribution in [0.5, 0.6) is 11.5 Å². The van der Waals surface area contributed by atoms with Crippen LogP contribution in [0.25, 0.3) is 6.08 Å². The summed E-state index contributed by atoms with van der Waals surface area (Å²) in [5.74, 6) is 1.17. The maximum Gasteiger partial charge on any atom is 0.268 e. The van der Waals surface area contributed by atoms with Crippen LogP contribution in [0.3, 0.4) is 0 Å². The minimum Gasteiger partial charge on any atom is -0.454 e. The lowest BCUT2D eigenvalue weighted by Gasteiger charge is -2.01. The van der Waals surface area contributed by atoms with Crippen LogP contribution in [-0.4, -0.2) is 22.9 Å². The van der Waals surface area contributed by atoms with Gasteiger partial charge in [-0.05, 0) is 29.7 Å². The first kappa shape index (κ1) is 16.9. The molecule has 0 bridgehead atoms. The van der Waals surface area contributed by atoms with Gasteiger partial charge < -0.3 is 9.47 Å². The molecular weight excluding hydrogens is 340 g/mol. The van der Waals surface area contributed by atoms with Crippen molar-refractivity contribution in [3.05, 3.63) is 34.3 Å². The van der Waals surface area contributed by atoms with E-state index in [0.717, 1.165) is 11.4 Å². The molecule has 0 radical (unpaired) electrons. The second-order valence-corrected chi connectivity index (χ2v) is 6.90. The summed E-state index contributed by atoms with van der Waals surface area (Å²) in [6, 6.07) is 7.13. The zero-order valence-corrected chi connectivity index (χ0v) is 14.6. The topological polar surface area (TPSA) is 97.1 Å². The van der Waals surface area contributed by atoms with E-state index in [4.69, 9.17) is 9.47 Å². The molecule has 0 spiro atoms. The van der Waals surface area contributed by atoms with Gasteiger partial charge in [0, 0.05) is 6.42 Å². The lowest BCUT2D eigenvalue weighted by Crippen LogP contribution is -2.13. The number of rotatable bonds is 5. The lowest BCUT2D eigenvalue weighted by molar-refractivity contribution is -0.112. The lowest BCUT2D eigenvalue weighted by atomic mass is 10.1. The molecule has 0 saturated carbocycles. The zero-order valence-electron chi connectivity index (χ0n) is 13.8. The molecule has 128 valence electrons. The van der Waals surface area contributed by atoms with E-state index in [9.17, 15) is 10.1 Å². The largest absolute Gasteiger partial charge is 0.454 e. The van der Waals surface area contributed by atoms with Crippen molar-refractivity contribution in [1.82, 2.24) is 10.2 Å². The molecule has 0 fully saturated rings. The average Bonchev–Trinajstić information content (AvgIpc) is 3.20. The standard InChI is InChI=1S/C17H16N4O3S/c1-10(2)5-15-20-21-17(25-15)19-16(22)12(8-18)6-11-3-4-13-14(7-11)24-9-23-13/h3-4,6-7,10H,5,9H2,1-2H3,(H,19,21,22)/b12-6-. The number of fused-ring (bicyclic) bond motifs is 1. The van der Waals surface area contributed by atoms with Crippen LogP contribution < -0.4 is 14.8 Å². The van der Waals surface area contributed by atoms with Gasteiger partial charge in [0.1, 0.15) is 16.6 Å². The van der Waals surface area contributed by atoms with E-state index in [-0.39, 0.29) is 12.4 Å². The van der Waals surface area contributed by atoms with Crippen LogP contribution in [0.2, 0.25) is 0 Å². The number of carbonyl (C=O) groups excluding carboxylic acids is 1. The first-order valence-corrected chi connectivity index (χ1v) is 8.52. The summed E-state index contributed by atoms with van der Waals surface area (Å²) in [7, 11) is 0. The summed E-state index contributed by atoms with van der Waals surface area (Å²) < 4.78 is 10.5. The normalized spacial score (nSPS) is 13.0. The van der Waals surface area contributed by atoms with Crippen molar-refractivity contribution in [2.45, 2.75) is 20.3 Å². The van der Waals surface area contributed by atoms with Crippen LogP contribution in [0.15, 0.2) is 23.8 Å². The average molecular weight is 356 g/mol. The van der Waals surface area contributed by atoms with Crippen molar-refractivity contribution < 1.29 is 14.3 Å². The number of nitrogens with zero attached hydrogens (tertiary/aromatic N) is 3. The number of carbonyl (C=O) groups is 1. The molecule has 8 heteroatoms. The number of hydrogen-bond donors (Lipinski definition) is 1. The highest BCUT2D eigenvalue weighted by Gasteiger charge is 2.16. The first-order chi connectivity index (χ1) is 12.0. The molecule has 1 aromatic carbocycles. The Balaban J connectivity index is 1.73. The zero-order chi connectivity index (χ0) is 17.8. The summed E-state index contributed by atoms with van der Waals surface area (Å²) in [5, 5.41) is 21.1. The van der Waals surface area contributed by atoms with E-state index < -0.39 is 5.91 Å². The molecule has 1 aliphatic rings. The van der Waals surface area contributed by atoms with Crippen molar-refractivity contribution in [3.8, 4) is 17.6 Å². The van der Waals surface area contributed by atoms with E-state index in [1.54, 1.807) is 18.2 Å². The van der Waals surface area contributed by atoms with Crippen molar-refractivity contribution in [2.75, 3.05) is 12.1 Å². The third-order valence-electron chi connectivity index (χ3n) is 3.34. The van der Waals surface area contributed by atoms with Gasteiger partial charge in [-0.1, -0.05) is 31.3 Å². The fraction of sp³-hybridized carbons (Fsp3) is 0.294. The Morgan fingerprint density at radius 2 is 2.20 bits per heavy atom. The number of nitrogens with one attached hydrogen (secondary N) is 1. The number of nitriles is 1. The molecule has 1 aliphatic heterocycles. The highest BCUT2D eigenvalue weighted by molar-refractivity contribution is 7.15. The minimum absolute atomic E-state index is 0.0283. The van der Waals surface area contributed by atoms with Gasteiger partial charge >= 0.3 is 0 Å². The van der Waals surface area contributed by atoms with Gasteiger partial charge in [0.05, 0.1) is 0 Å². The third kappa shape index (κ3) is 4.14. The van der Waals surface area contributed by atoms with E-state index in [1.807, 2.05) is 6.07 Å². The van der Waals surface area contributed by atoms with Gasteiger partial charge in [-0.15, -0.1) is 10.2 Å². The number of amides is 1. The Bertz CT molecular complexity index is 867. The first-order valence-electron chi connectivity index (χ1n) is 7.70. The van der Waals surface area contributed by atoms with Crippen molar-refractivity contribution in [3.63, 3.8) is 0 Å². The summed E-state index contributed by atoms with van der Waals surface area (Å²) in [6.07, 6.45) is 2.29. The molecule has 0 atom stereocenters. The summed E-state index contributed by atoms with van der Waals surface area (Å²) in [6.45, 7) is 4.34. The quantitative estimate of drug-likeness (QED) is 0.653. The number of anilines is 1. The fourth-order valence-corrected chi connectivity index (χ4v) is 3.17. The van der Waals surface area contributed by atoms with Crippen molar-refractivity contribution in [2.24, 2.45) is 5.92 Å². The van der Waals surface area contributed by atoms with Gasteiger partial charge in [0.2, 0.25) is 11.9 Å². The summed E-state index contributed by atoms with van der Waals surface area (Å²) in [5.41, 5.74) is 0.646. The van der Waals surface area contributed by atoms with Crippen LogP contribution in [-0.2, 0) is 11.2 Å². The highest BCUT2D eigenvalue weighted by Crippen LogP contribution is 2.33. The van der Waals surface area contributed by atoms with E-state index in [1.165, 1.54) is 17.4 Å². The van der Waals surface area contributed by atoms with E-state index in [0.29, 0.717) is 28.1 Å².